The van der Waals surface area contributed by atoms with E-state index >= 15 is 0 Å². The molecule has 6 nitrogen and oxygen atoms in total. The molecule has 0 radical (unpaired) electrons. The highest BCUT2D eigenvalue weighted by Crippen LogP contribution is 2.60. The number of benzene rings is 2. The molecule has 4 bridgehead atoms. The number of hydrogen-bond donors (Lipinski definition) is 1. The molecule has 2 aromatic carbocycles. The predicted molar refractivity (Wildman–Crippen MR) is 157 cm³/mol. The number of carbonyl (C=O) groups excluding carboxylic acids is 3. The normalized spacial score (nSPS) is 28.4. The fourth-order valence-electron chi connectivity index (χ4n) is 7.58. The minimum Gasteiger partial charge on any atom is -0.449 e. The summed E-state index contributed by atoms with van der Waals surface area (Å²) in [6.07, 6.45) is 9.20. The summed E-state index contributed by atoms with van der Waals surface area (Å²) in [5.41, 5.74) is 1.79. The lowest BCUT2D eigenvalue weighted by Crippen LogP contribution is -2.54. The SMILES string of the molecule is O=C1NC(=O)N(c2ccc(C34CC5CC(CC(C5)C3)C4)cc2)C(=O)/C1=C\c1cc(Br)c(Sc2ccc(Cl)cc2)o1. The lowest BCUT2D eigenvalue weighted by molar-refractivity contribution is -0.122. The van der Waals surface area contributed by atoms with Crippen LogP contribution in [0.15, 0.2) is 79.0 Å². The smallest absolute Gasteiger partial charge is 0.335 e. The molecule has 2 heterocycles. The zero-order valence-corrected chi connectivity index (χ0v) is 24.7. The fourth-order valence-corrected chi connectivity index (χ4v) is 9.04. The summed E-state index contributed by atoms with van der Waals surface area (Å²) in [6, 6.07) is 16.1. The molecule has 4 saturated carbocycles. The number of nitrogens with zero attached hydrogens (tertiary/aromatic N) is 1. The molecule has 4 amide bonds. The van der Waals surface area contributed by atoms with Crippen LogP contribution >= 0.6 is 39.3 Å². The molecule has 3 aromatic rings. The van der Waals surface area contributed by atoms with E-state index in [-0.39, 0.29) is 11.0 Å². The van der Waals surface area contributed by atoms with Crippen LogP contribution in [0.25, 0.3) is 6.08 Å². The van der Waals surface area contributed by atoms with Gasteiger partial charge in [0.05, 0.1) is 10.2 Å². The average Bonchev–Trinajstić information content (AvgIpc) is 3.25. The molecule has 9 heteroatoms. The summed E-state index contributed by atoms with van der Waals surface area (Å²) in [5, 5.41) is 3.50. The number of amides is 4. The molecule has 204 valence electrons. The van der Waals surface area contributed by atoms with Gasteiger partial charge in [0.15, 0.2) is 5.09 Å². The Kier molecular flexibility index (Phi) is 6.48. The van der Waals surface area contributed by atoms with Gasteiger partial charge in [-0.1, -0.05) is 35.5 Å². The number of halogens is 2. The largest absolute Gasteiger partial charge is 0.449 e. The second-order valence-corrected chi connectivity index (χ2v) is 13.9. The standard InChI is InChI=1S/C31H26BrClN2O4S/c32-26-13-23(39-29(26)40-24-7-3-21(33)4-8-24)12-25-27(36)34-30(38)35(28(25)37)22-5-1-20(2-6-22)31-14-17-9-18(15-31)11-19(10-17)16-31/h1-8,12-13,17-19H,9-11,14-16H2,(H,34,36,38)/b25-12-. The van der Waals surface area contributed by atoms with Gasteiger partial charge in [-0.3, -0.25) is 14.9 Å². The molecule has 40 heavy (non-hydrogen) atoms. The van der Waals surface area contributed by atoms with Gasteiger partial charge in [0.1, 0.15) is 11.3 Å². The van der Waals surface area contributed by atoms with Gasteiger partial charge in [0, 0.05) is 9.92 Å². The van der Waals surface area contributed by atoms with Gasteiger partial charge in [0.2, 0.25) is 0 Å². The first kappa shape index (κ1) is 26.1. The molecule has 1 aliphatic heterocycles. The molecule has 0 spiro atoms. The van der Waals surface area contributed by atoms with Crippen LogP contribution in [0, 0.1) is 17.8 Å². The highest BCUT2D eigenvalue weighted by atomic mass is 79.9. The Bertz CT molecular complexity index is 1530. The van der Waals surface area contributed by atoms with Crippen LogP contribution in [-0.2, 0) is 15.0 Å². The number of urea groups is 1. The van der Waals surface area contributed by atoms with Crippen LogP contribution in [0.4, 0.5) is 10.5 Å². The van der Waals surface area contributed by atoms with Crippen molar-refractivity contribution in [3.05, 3.63) is 81.0 Å². The van der Waals surface area contributed by atoms with E-state index in [1.165, 1.54) is 61.9 Å². The number of furan rings is 1. The van der Waals surface area contributed by atoms with Crippen LogP contribution in [-0.4, -0.2) is 17.8 Å². The number of imide groups is 2. The molecular weight excluding hydrogens is 612 g/mol. The van der Waals surface area contributed by atoms with Gasteiger partial charge >= 0.3 is 6.03 Å². The first-order chi connectivity index (χ1) is 19.3. The van der Waals surface area contributed by atoms with E-state index < -0.39 is 17.8 Å². The highest BCUT2D eigenvalue weighted by Gasteiger charge is 2.51. The Morgan fingerprint density at radius 1 is 0.950 bits per heavy atom. The Labute approximate surface area is 249 Å². The van der Waals surface area contributed by atoms with Crippen molar-refractivity contribution in [2.24, 2.45) is 17.8 Å². The first-order valence-electron chi connectivity index (χ1n) is 13.5. The van der Waals surface area contributed by atoms with Crippen LogP contribution < -0.4 is 10.2 Å². The molecule has 4 aliphatic carbocycles. The van der Waals surface area contributed by atoms with E-state index in [0.717, 1.165) is 27.5 Å². The highest BCUT2D eigenvalue weighted by molar-refractivity contribution is 9.10. The lowest BCUT2D eigenvalue weighted by atomic mass is 9.48. The van der Waals surface area contributed by atoms with Crippen LogP contribution in [0.2, 0.25) is 5.02 Å². The molecule has 5 fully saturated rings. The maximum atomic E-state index is 13.5. The first-order valence-corrected chi connectivity index (χ1v) is 15.5. The van der Waals surface area contributed by atoms with Crippen molar-refractivity contribution in [3.8, 4) is 0 Å². The van der Waals surface area contributed by atoms with Crippen molar-refractivity contribution in [2.75, 3.05) is 4.90 Å². The van der Waals surface area contributed by atoms with E-state index in [9.17, 15) is 14.4 Å². The van der Waals surface area contributed by atoms with Gasteiger partial charge in [-0.15, -0.1) is 0 Å². The topological polar surface area (TPSA) is 79.6 Å². The molecule has 1 aromatic heterocycles. The number of anilines is 1. The second kappa shape index (κ2) is 9.93. The molecular formula is C31H26BrClN2O4S. The van der Waals surface area contributed by atoms with E-state index in [1.807, 2.05) is 24.3 Å². The lowest BCUT2D eigenvalue weighted by Gasteiger charge is -2.57. The third kappa shape index (κ3) is 4.64. The van der Waals surface area contributed by atoms with Gasteiger partial charge < -0.3 is 4.42 Å². The Balaban J connectivity index is 1.13. The maximum absolute atomic E-state index is 13.5. The summed E-state index contributed by atoms with van der Waals surface area (Å²) in [6.45, 7) is 0. The Hall–Kier alpha value is -2.81. The molecule has 8 rings (SSSR count). The predicted octanol–water partition coefficient (Wildman–Crippen LogP) is 7.98. The fraction of sp³-hybridized carbons (Fsp3) is 0.323. The van der Waals surface area contributed by atoms with E-state index in [1.54, 1.807) is 18.2 Å². The van der Waals surface area contributed by atoms with Crippen molar-refractivity contribution in [2.45, 2.75) is 53.9 Å². The molecule has 5 aliphatic rings. The number of hydrogen-bond acceptors (Lipinski definition) is 5. The monoisotopic (exact) mass is 636 g/mol. The van der Waals surface area contributed by atoms with E-state index in [0.29, 0.717) is 26.0 Å². The molecule has 1 N–H and O–H groups in total. The minimum atomic E-state index is -0.755. The number of rotatable bonds is 5. The van der Waals surface area contributed by atoms with Gasteiger partial charge in [-0.25, -0.2) is 9.69 Å². The number of carbonyl (C=O) groups is 3. The maximum Gasteiger partial charge on any atom is 0.335 e. The minimum absolute atomic E-state index is 0.172. The molecule has 0 unspecified atom stereocenters. The zero-order valence-electron chi connectivity index (χ0n) is 21.5. The summed E-state index contributed by atoms with van der Waals surface area (Å²) in [4.78, 5) is 40.9. The summed E-state index contributed by atoms with van der Waals surface area (Å²) < 4.78 is 6.60. The molecule has 1 saturated heterocycles. The molecule has 0 atom stereocenters. The van der Waals surface area contributed by atoms with Gasteiger partial charge in [-0.2, -0.15) is 0 Å². The third-order valence-electron chi connectivity index (χ3n) is 8.86. The summed E-state index contributed by atoms with van der Waals surface area (Å²) in [7, 11) is 0. The van der Waals surface area contributed by atoms with E-state index in [2.05, 4.69) is 33.4 Å². The van der Waals surface area contributed by atoms with Crippen molar-refractivity contribution in [3.63, 3.8) is 0 Å². The third-order valence-corrected chi connectivity index (χ3v) is 11.0. The Morgan fingerprint density at radius 2 is 1.57 bits per heavy atom. The average molecular weight is 638 g/mol. The Morgan fingerprint density at radius 3 is 2.20 bits per heavy atom. The number of nitrogens with one attached hydrogen (secondary N) is 1. The van der Waals surface area contributed by atoms with Crippen molar-refractivity contribution < 1.29 is 18.8 Å². The van der Waals surface area contributed by atoms with Crippen molar-refractivity contribution >= 4 is 68.9 Å². The van der Waals surface area contributed by atoms with Crippen LogP contribution in [0.1, 0.15) is 49.8 Å². The van der Waals surface area contributed by atoms with Crippen molar-refractivity contribution in [1.29, 1.82) is 0 Å². The van der Waals surface area contributed by atoms with Crippen LogP contribution in [0.3, 0.4) is 0 Å². The second-order valence-electron chi connectivity index (χ2n) is 11.5. The van der Waals surface area contributed by atoms with Crippen molar-refractivity contribution in [1.82, 2.24) is 5.32 Å². The zero-order chi connectivity index (χ0) is 27.6. The van der Waals surface area contributed by atoms with Crippen LogP contribution in [0.5, 0.6) is 0 Å². The van der Waals surface area contributed by atoms with E-state index in [4.69, 9.17) is 16.0 Å². The quantitative estimate of drug-likeness (QED) is 0.227. The summed E-state index contributed by atoms with van der Waals surface area (Å²) in [5.74, 6) is 1.35. The van der Waals surface area contributed by atoms with Gasteiger partial charge in [0.25, 0.3) is 11.8 Å². The number of barbiturate groups is 1. The summed E-state index contributed by atoms with van der Waals surface area (Å²) >= 11 is 10.8. The van der Waals surface area contributed by atoms with Gasteiger partial charge in [-0.05, 0) is 132 Å².